The molecule has 0 unspecified atom stereocenters. The quantitative estimate of drug-likeness (QED) is 0.370. The second kappa shape index (κ2) is 10.5. The van der Waals surface area contributed by atoms with Crippen molar-refractivity contribution in [2.24, 2.45) is 5.41 Å². The van der Waals surface area contributed by atoms with Crippen molar-refractivity contribution in [3.63, 3.8) is 0 Å². The van der Waals surface area contributed by atoms with E-state index >= 15 is 13.2 Å². The minimum absolute atomic E-state index is 0.100. The van der Waals surface area contributed by atoms with Gasteiger partial charge in [0.2, 0.25) is 0 Å². The van der Waals surface area contributed by atoms with Crippen LogP contribution in [-0.4, -0.2) is 45.5 Å². The highest BCUT2D eigenvalue weighted by molar-refractivity contribution is 5.87. The van der Waals surface area contributed by atoms with Gasteiger partial charge in [-0.2, -0.15) is 0 Å². The van der Waals surface area contributed by atoms with Crippen molar-refractivity contribution in [1.29, 1.82) is 0 Å². The molecule has 38 heavy (non-hydrogen) atoms. The molecule has 0 saturated carbocycles. The highest BCUT2D eigenvalue weighted by atomic mass is 19.3. The van der Waals surface area contributed by atoms with Crippen molar-refractivity contribution >= 4 is 22.8 Å². The molecule has 6 nitrogen and oxygen atoms in total. The molecular weight excluding hydrogens is 498 g/mol. The number of halogens is 4. The molecule has 204 valence electrons. The lowest BCUT2D eigenvalue weighted by molar-refractivity contribution is -0.133. The van der Waals surface area contributed by atoms with Crippen LogP contribution < -0.4 is 5.32 Å². The fourth-order valence-electron chi connectivity index (χ4n) is 4.96. The number of carbonyl (C=O) groups is 1. The van der Waals surface area contributed by atoms with E-state index < -0.39 is 41.3 Å². The lowest BCUT2D eigenvalue weighted by atomic mass is 9.82. The zero-order valence-electron chi connectivity index (χ0n) is 22.3. The standard InChI is InChI=1S/C28H33F4N5O/c1-16(19-7-6-8-22(24(19)30)28(31,32)27(3,4)5)35-25-21-13-20(17(2)36-26(21)34-15-33-25)18-9-11-37(12-10-18)23(38)14-29/h6-8,13,15-16,18H,9-12,14H2,1-5H3,(H,33,34,35,36)/t16-/m1/s1. The van der Waals surface area contributed by atoms with E-state index in [1.54, 1.807) is 6.92 Å². The monoisotopic (exact) mass is 531 g/mol. The molecule has 3 aromatic rings. The topological polar surface area (TPSA) is 71.0 Å². The number of amides is 1. The summed E-state index contributed by atoms with van der Waals surface area (Å²) in [5, 5.41) is 3.79. The van der Waals surface area contributed by atoms with Gasteiger partial charge >= 0.3 is 0 Å². The van der Waals surface area contributed by atoms with Crippen molar-refractivity contribution < 1.29 is 22.4 Å². The summed E-state index contributed by atoms with van der Waals surface area (Å²) in [4.78, 5) is 26.5. The van der Waals surface area contributed by atoms with E-state index in [2.05, 4.69) is 20.3 Å². The second-order valence-electron chi connectivity index (χ2n) is 10.9. The number of piperidine rings is 1. The Kier molecular flexibility index (Phi) is 7.63. The second-order valence-corrected chi connectivity index (χ2v) is 10.9. The molecular formula is C28H33F4N5O. The molecule has 10 heteroatoms. The van der Waals surface area contributed by atoms with Crippen LogP contribution in [0.25, 0.3) is 11.0 Å². The highest BCUT2D eigenvalue weighted by Crippen LogP contribution is 2.46. The third-order valence-electron chi connectivity index (χ3n) is 7.38. The van der Waals surface area contributed by atoms with E-state index in [-0.39, 0.29) is 11.5 Å². The molecule has 1 aromatic carbocycles. The highest BCUT2D eigenvalue weighted by Gasteiger charge is 2.47. The number of aromatic nitrogens is 3. The lowest BCUT2D eigenvalue weighted by Crippen LogP contribution is -2.38. The number of hydrogen-bond donors (Lipinski definition) is 1. The van der Waals surface area contributed by atoms with E-state index in [0.717, 1.165) is 17.3 Å². The van der Waals surface area contributed by atoms with Crippen LogP contribution in [0.3, 0.4) is 0 Å². The van der Waals surface area contributed by atoms with Gasteiger partial charge in [0, 0.05) is 29.8 Å². The third kappa shape index (κ3) is 5.17. The van der Waals surface area contributed by atoms with Crippen LogP contribution in [0.5, 0.6) is 0 Å². The van der Waals surface area contributed by atoms with Crippen LogP contribution in [0, 0.1) is 18.2 Å². The fourth-order valence-corrected chi connectivity index (χ4v) is 4.96. The van der Waals surface area contributed by atoms with Gasteiger partial charge in [0.15, 0.2) is 12.3 Å². The maximum atomic E-state index is 15.4. The number of hydrogen-bond acceptors (Lipinski definition) is 5. The van der Waals surface area contributed by atoms with E-state index in [9.17, 15) is 9.18 Å². The van der Waals surface area contributed by atoms with Crippen molar-refractivity contribution in [2.75, 3.05) is 25.1 Å². The number of fused-ring (bicyclic) bond motifs is 1. The summed E-state index contributed by atoms with van der Waals surface area (Å²) in [6, 6.07) is 5.32. The van der Waals surface area contributed by atoms with Gasteiger partial charge < -0.3 is 10.2 Å². The molecule has 1 amide bonds. The minimum Gasteiger partial charge on any atom is -0.363 e. The van der Waals surface area contributed by atoms with Crippen LogP contribution in [0.1, 0.15) is 74.9 Å². The van der Waals surface area contributed by atoms with E-state index in [1.807, 2.05) is 13.0 Å². The molecule has 0 radical (unpaired) electrons. The maximum absolute atomic E-state index is 15.4. The number of rotatable bonds is 6. The molecule has 3 heterocycles. The van der Waals surface area contributed by atoms with Crippen LogP contribution in [-0.2, 0) is 10.7 Å². The molecule has 1 fully saturated rings. The zero-order chi connectivity index (χ0) is 27.8. The first-order valence-corrected chi connectivity index (χ1v) is 12.7. The van der Waals surface area contributed by atoms with Crippen LogP contribution >= 0.6 is 0 Å². The summed E-state index contributed by atoms with van der Waals surface area (Å²) in [7, 11) is 0. The number of pyridine rings is 1. The summed E-state index contributed by atoms with van der Waals surface area (Å²) in [5.41, 5.74) is 0.238. The number of carbonyl (C=O) groups excluding carboxylic acids is 1. The van der Waals surface area contributed by atoms with Gasteiger partial charge in [-0.15, -0.1) is 0 Å². The number of nitrogens with zero attached hydrogens (tertiary/aromatic N) is 4. The van der Waals surface area contributed by atoms with Gasteiger partial charge in [-0.25, -0.2) is 32.5 Å². The number of nitrogens with one attached hydrogen (secondary N) is 1. The van der Waals surface area contributed by atoms with Crippen molar-refractivity contribution in [3.05, 3.63) is 58.8 Å². The molecule has 0 aliphatic carbocycles. The van der Waals surface area contributed by atoms with Crippen molar-refractivity contribution in [2.45, 2.75) is 65.3 Å². The molecule has 1 N–H and O–H groups in total. The van der Waals surface area contributed by atoms with Gasteiger partial charge in [0.25, 0.3) is 11.8 Å². The Morgan fingerprint density at radius 2 is 1.87 bits per heavy atom. The fraction of sp³-hybridized carbons (Fsp3) is 0.500. The molecule has 4 rings (SSSR count). The van der Waals surface area contributed by atoms with Crippen LogP contribution in [0.4, 0.5) is 23.4 Å². The van der Waals surface area contributed by atoms with E-state index in [1.165, 1.54) is 44.1 Å². The smallest absolute Gasteiger partial charge is 0.280 e. The lowest BCUT2D eigenvalue weighted by Gasteiger charge is -2.32. The Balaban J connectivity index is 1.64. The summed E-state index contributed by atoms with van der Waals surface area (Å²) in [6.45, 7) is 7.65. The van der Waals surface area contributed by atoms with Crippen molar-refractivity contribution in [1.82, 2.24) is 19.9 Å². The van der Waals surface area contributed by atoms with Crippen LogP contribution in [0.15, 0.2) is 30.6 Å². The first-order chi connectivity index (χ1) is 17.8. The predicted octanol–water partition coefficient (Wildman–Crippen LogP) is 6.46. The molecule has 1 saturated heterocycles. The van der Waals surface area contributed by atoms with Gasteiger partial charge in [0.05, 0.1) is 17.0 Å². The Hall–Kier alpha value is -3.30. The van der Waals surface area contributed by atoms with Gasteiger partial charge in [-0.3, -0.25) is 4.79 Å². The molecule has 1 atom stereocenters. The Labute approximate surface area is 219 Å². The summed E-state index contributed by atoms with van der Waals surface area (Å²) in [5.74, 6) is -4.28. The minimum atomic E-state index is -3.37. The maximum Gasteiger partial charge on any atom is 0.280 e. The SMILES string of the molecule is Cc1nc2ncnc(N[C@H](C)c3cccc(C(F)(F)C(C)(C)C)c3F)c2cc1C1CCN(C(=O)CF)CC1. The van der Waals surface area contributed by atoms with E-state index in [4.69, 9.17) is 0 Å². The Morgan fingerprint density at radius 1 is 1.18 bits per heavy atom. The first kappa shape index (κ1) is 27.7. The summed E-state index contributed by atoms with van der Waals surface area (Å²) in [6.07, 6.45) is 2.70. The van der Waals surface area contributed by atoms with Gasteiger partial charge in [0.1, 0.15) is 18.0 Å². The number of benzene rings is 1. The largest absolute Gasteiger partial charge is 0.363 e. The first-order valence-electron chi connectivity index (χ1n) is 12.7. The van der Waals surface area contributed by atoms with Gasteiger partial charge in [-0.1, -0.05) is 39.0 Å². The van der Waals surface area contributed by atoms with Crippen molar-refractivity contribution in [3.8, 4) is 0 Å². The summed E-state index contributed by atoms with van der Waals surface area (Å²) >= 11 is 0. The third-order valence-corrected chi connectivity index (χ3v) is 7.38. The number of anilines is 1. The zero-order valence-corrected chi connectivity index (χ0v) is 22.3. The Morgan fingerprint density at radius 3 is 2.50 bits per heavy atom. The molecule has 1 aliphatic rings. The summed E-state index contributed by atoms with van der Waals surface area (Å²) < 4.78 is 58.2. The number of aryl methyl sites for hydroxylation is 1. The predicted molar refractivity (Wildman–Crippen MR) is 138 cm³/mol. The molecule has 1 aliphatic heterocycles. The molecule has 0 bridgehead atoms. The number of likely N-dealkylation sites (tertiary alicyclic amines) is 1. The van der Waals surface area contributed by atoms with Crippen LogP contribution in [0.2, 0.25) is 0 Å². The average molecular weight is 532 g/mol. The molecule has 0 spiro atoms. The van der Waals surface area contributed by atoms with Gasteiger partial charge in [-0.05, 0) is 44.2 Å². The Bertz CT molecular complexity index is 1330. The molecule has 2 aromatic heterocycles. The normalized spacial score (nSPS) is 16.1. The number of alkyl halides is 3. The van der Waals surface area contributed by atoms with E-state index in [0.29, 0.717) is 42.8 Å². The average Bonchev–Trinajstić information content (AvgIpc) is 2.87.